The molecule has 2 aromatic heterocycles. The van der Waals surface area contributed by atoms with Crippen molar-refractivity contribution in [3.05, 3.63) is 36.5 Å². The van der Waals surface area contributed by atoms with Gasteiger partial charge in [-0.05, 0) is 6.07 Å². The predicted octanol–water partition coefficient (Wildman–Crippen LogP) is 0.356. The maximum Gasteiger partial charge on any atom is 0.228 e. The Morgan fingerprint density at radius 1 is 1.20 bits per heavy atom. The highest BCUT2D eigenvalue weighted by Crippen LogP contribution is 2.10. The van der Waals surface area contributed by atoms with Crippen LogP contribution in [0.5, 0.6) is 0 Å². The Labute approximate surface area is 116 Å². The fourth-order valence-electron chi connectivity index (χ4n) is 2.21. The van der Waals surface area contributed by atoms with Gasteiger partial charge in [-0.1, -0.05) is 5.16 Å². The molecule has 7 heteroatoms. The summed E-state index contributed by atoms with van der Waals surface area (Å²) in [6, 6.07) is 3.51. The van der Waals surface area contributed by atoms with E-state index in [0.717, 1.165) is 19.0 Å². The van der Waals surface area contributed by atoms with E-state index >= 15 is 0 Å². The molecule has 0 atom stereocenters. The lowest BCUT2D eigenvalue weighted by molar-refractivity contribution is -0.130. The van der Waals surface area contributed by atoms with Gasteiger partial charge in [-0.25, -0.2) is 9.97 Å². The van der Waals surface area contributed by atoms with Gasteiger partial charge in [0.1, 0.15) is 6.26 Å². The normalized spacial score (nSPS) is 15.4. The van der Waals surface area contributed by atoms with Crippen molar-refractivity contribution >= 4 is 11.9 Å². The van der Waals surface area contributed by atoms with Crippen LogP contribution in [-0.4, -0.2) is 52.1 Å². The van der Waals surface area contributed by atoms with E-state index < -0.39 is 0 Å². The number of carbonyl (C=O) groups excluding carboxylic acids is 1. The second kappa shape index (κ2) is 5.68. The van der Waals surface area contributed by atoms with E-state index in [0.29, 0.717) is 25.2 Å². The van der Waals surface area contributed by atoms with Gasteiger partial charge in [0.05, 0.1) is 12.1 Å². The Hall–Kier alpha value is -2.44. The molecule has 3 rings (SSSR count). The topological polar surface area (TPSA) is 75.4 Å². The van der Waals surface area contributed by atoms with Crippen molar-refractivity contribution in [1.29, 1.82) is 0 Å². The second-order valence-electron chi connectivity index (χ2n) is 4.58. The summed E-state index contributed by atoms with van der Waals surface area (Å²) in [6.45, 7) is 2.84. The summed E-state index contributed by atoms with van der Waals surface area (Å²) in [7, 11) is 0. The molecule has 1 amide bonds. The molecule has 104 valence electrons. The third kappa shape index (κ3) is 2.76. The third-order valence-electron chi connectivity index (χ3n) is 3.29. The van der Waals surface area contributed by atoms with Crippen molar-refractivity contribution in [2.24, 2.45) is 0 Å². The number of anilines is 1. The SMILES string of the molecule is O=C(Cc1ccon1)N1CCN(c2ncccn2)CC1. The van der Waals surface area contributed by atoms with Gasteiger partial charge in [-0.2, -0.15) is 0 Å². The number of nitrogens with zero attached hydrogens (tertiary/aromatic N) is 5. The van der Waals surface area contributed by atoms with Gasteiger partial charge in [-0.15, -0.1) is 0 Å². The molecule has 0 aromatic carbocycles. The summed E-state index contributed by atoms with van der Waals surface area (Å²) in [6.07, 6.45) is 5.22. The van der Waals surface area contributed by atoms with Crippen LogP contribution in [-0.2, 0) is 11.2 Å². The number of piperazine rings is 1. The van der Waals surface area contributed by atoms with Crippen LogP contribution in [0.3, 0.4) is 0 Å². The van der Waals surface area contributed by atoms with Gasteiger partial charge in [0.25, 0.3) is 0 Å². The Bertz CT molecular complexity index is 549. The zero-order chi connectivity index (χ0) is 13.8. The van der Waals surface area contributed by atoms with Crippen LogP contribution in [0.2, 0.25) is 0 Å². The molecule has 0 unspecified atom stereocenters. The maximum atomic E-state index is 12.1. The van der Waals surface area contributed by atoms with E-state index in [2.05, 4.69) is 20.0 Å². The number of amides is 1. The minimum Gasteiger partial charge on any atom is -0.364 e. The standard InChI is InChI=1S/C13H15N5O2/c19-12(10-11-2-9-20-16-11)17-5-7-18(8-6-17)13-14-3-1-4-15-13/h1-4,9H,5-8,10H2. The van der Waals surface area contributed by atoms with Gasteiger partial charge in [0, 0.05) is 44.6 Å². The summed E-state index contributed by atoms with van der Waals surface area (Å²) in [5.74, 6) is 0.795. The van der Waals surface area contributed by atoms with Crippen molar-refractivity contribution in [3.63, 3.8) is 0 Å². The molecular formula is C13H15N5O2. The van der Waals surface area contributed by atoms with Gasteiger partial charge >= 0.3 is 0 Å². The molecule has 2 aromatic rings. The van der Waals surface area contributed by atoms with Crippen LogP contribution in [0.25, 0.3) is 0 Å². The van der Waals surface area contributed by atoms with Gasteiger partial charge < -0.3 is 14.3 Å². The number of carbonyl (C=O) groups is 1. The van der Waals surface area contributed by atoms with Crippen LogP contribution in [0.15, 0.2) is 35.3 Å². The Balaban J connectivity index is 1.54. The smallest absolute Gasteiger partial charge is 0.228 e. The van der Waals surface area contributed by atoms with E-state index in [9.17, 15) is 4.79 Å². The molecule has 0 spiro atoms. The number of hydrogen-bond acceptors (Lipinski definition) is 6. The number of rotatable bonds is 3. The first kappa shape index (κ1) is 12.6. The minimum absolute atomic E-state index is 0.0764. The fourth-order valence-corrected chi connectivity index (χ4v) is 2.21. The van der Waals surface area contributed by atoms with Crippen molar-refractivity contribution < 1.29 is 9.32 Å². The minimum atomic E-state index is 0.0764. The molecule has 1 aliphatic heterocycles. The average molecular weight is 273 g/mol. The van der Waals surface area contributed by atoms with E-state index in [1.165, 1.54) is 6.26 Å². The van der Waals surface area contributed by atoms with Crippen molar-refractivity contribution in [1.82, 2.24) is 20.0 Å². The highest BCUT2D eigenvalue weighted by Gasteiger charge is 2.22. The quantitative estimate of drug-likeness (QED) is 0.803. The van der Waals surface area contributed by atoms with Gasteiger partial charge in [0.15, 0.2) is 0 Å². The van der Waals surface area contributed by atoms with E-state index in [-0.39, 0.29) is 5.91 Å². The van der Waals surface area contributed by atoms with Crippen LogP contribution >= 0.6 is 0 Å². The molecule has 3 heterocycles. The van der Waals surface area contributed by atoms with E-state index in [1.54, 1.807) is 24.5 Å². The molecule has 0 radical (unpaired) electrons. The number of hydrogen-bond donors (Lipinski definition) is 0. The summed E-state index contributed by atoms with van der Waals surface area (Å²) in [5, 5.41) is 3.76. The van der Waals surface area contributed by atoms with Crippen LogP contribution < -0.4 is 4.90 Å². The Morgan fingerprint density at radius 2 is 1.95 bits per heavy atom. The Kier molecular flexibility index (Phi) is 3.58. The van der Waals surface area contributed by atoms with Crippen LogP contribution in [0.4, 0.5) is 5.95 Å². The molecule has 1 aliphatic rings. The second-order valence-corrected chi connectivity index (χ2v) is 4.58. The molecule has 0 N–H and O–H groups in total. The van der Waals surface area contributed by atoms with Crippen molar-refractivity contribution in [2.75, 3.05) is 31.1 Å². The average Bonchev–Trinajstić information content (AvgIpc) is 3.01. The third-order valence-corrected chi connectivity index (χ3v) is 3.29. The van der Waals surface area contributed by atoms with E-state index in [4.69, 9.17) is 4.52 Å². The summed E-state index contributed by atoms with van der Waals surface area (Å²) in [5.41, 5.74) is 0.670. The first-order valence-electron chi connectivity index (χ1n) is 6.52. The van der Waals surface area contributed by atoms with Crippen molar-refractivity contribution in [3.8, 4) is 0 Å². The molecule has 1 fully saturated rings. The number of aromatic nitrogens is 3. The fraction of sp³-hybridized carbons (Fsp3) is 0.385. The molecule has 1 saturated heterocycles. The summed E-state index contributed by atoms with van der Waals surface area (Å²) < 4.78 is 4.73. The zero-order valence-electron chi connectivity index (χ0n) is 11.0. The predicted molar refractivity (Wildman–Crippen MR) is 71.0 cm³/mol. The van der Waals surface area contributed by atoms with Crippen LogP contribution in [0, 0.1) is 0 Å². The molecule has 0 aliphatic carbocycles. The first-order chi connectivity index (χ1) is 9.83. The zero-order valence-corrected chi connectivity index (χ0v) is 11.0. The highest BCUT2D eigenvalue weighted by atomic mass is 16.5. The largest absolute Gasteiger partial charge is 0.364 e. The monoisotopic (exact) mass is 273 g/mol. The molecule has 0 bridgehead atoms. The lowest BCUT2D eigenvalue weighted by atomic mass is 10.2. The van der Waals surface area contributed by atoms with Crippen molar-refractivity contribution in [2.45, 2.75) is 6.42 Å². The first-order valence-corrected chi connectivity index (χ1v) is 6.52. The Morgan fingerprint density at radius 3 is 2.60 bits per heavy atom. The summed E-state index contributed by atoms with van der Waals surface area (Å²) >= 11 is 0. The van der Waals surface area contributed by atoms with E-state index in [1.807, 2.05) is 4.90 Å². The lowest BCUT2D eigenvalue weighted by Gasteiger charge is -2.34. The van der Waals surface area contributed by atoms with Gasteiger partial charge in [0.2, 0.25) is 11.9 Å². The summed E-state index contributed by atoms with van der Waals surface area (Å²) in [4.78, 5) is 24.5. The highest BCUT2D eigenvalue weighted by molar-refractivity contribution is 5.78. The molecule has 20 heavy (non-hydrogen) atoms. The molecular weight excluding hydrogens is 258 g/mol. The van der Waals surface area contributed by atoms with Gasteiger partial charge in [-0.3, -0.25) is 4.79 Å². The maximum absolute atomic E-state index is 12.1. The molecule has 0 saturated carbocycles. The van der Waals surface area contributed by atoms with Crippen LogP contribution in [0.1, 0.15) is 5.69 Å². The lowest BCUT2D eigenvalue weighted by Crippen LogP contribution is -2.49. The molecule has 7 nitrogen and oxygen atoms in total.